The first kappa shape index (κ1) is 16.6. The molecule has 0 aliphatic carbocycles. The zero-order valence-electron chi connectivity index (χ0n) is 12.0. The molecule has 116 valence electrons. The highest BCUT2D eigenvalue weighted by Crippen LogP contribution is 2.28. The first-order chi connectivity index (χ1) is 10.4. The van der Waals surface area contributed by atoms with E-state index in [4.69, 9.17) is 33.7 Å². The molecule has 0 bridgehead atoms. The van der Waals surface area contributed by atoms with E-state index in [9.17, 15) is 4.79 Å². The monoisotopic (exact) mass is 338 g/mol. The smallest absolute Gasteiger partial charge is 0.236 e. The fourth-order valence-corrected chi connectivity index (χ4v) is 2.26. The molecule has 2 aromatic rings. The Morgan fingerprint density at radius 3 is 2.27 bits per heavy atom. The van der Waals surface area contributed by atoms with Crippen LogP contribution in [0.1, 0.15) is 12.5 Å². The van der Waals surface area contributed by atoms with Gasteiger partial charge in [-0.3, -0.25) is 4.79 Å². The molecular weight excluding hydrogens is 323 g/mol. The van der Waals surface area contributed by atoms with Gasteiger partial charge in [-0.2, -0.15) is 0 Å². The van der Waals surface area contributed by atoms with Crippen molar-refractivity contribution < 1.29 is 9.53 Å². The lowest BCUT2D eigenvalue weighted by atomic mass is 10.2. The highest BCUT2D eigenvalue weighted by molar-refractivity contribution is 6.34. The number of nitrogens with two attached hydrogens (primary N) is 1. The summed E-state index contributed by atoms with van der Waals surface area (Å²) in [6.07, 6.45) is 0. The van der Waals surface area contributed by atoms with Crippen LogP contribution in [0, 0.1) is 0 Å². The van der Waals surface area contributed by atoms with Gasteiger partial charge in [-0.1, -0.05) is 35.3 Å². The van der Waals surface area contributed by atoms with Crippen molar-refractivity contribution in [3.8, 4) is 11.5 Å². The molecule has 2 rings (SSSR count). The SMILES string of the molecule is C[C@H](N)C(=O)NCc1ccc(Oc2cc(Cl)cc(Cl)c2)cc1. The maximum atomic E-state index is 11.4. The van der Waals surface area contributed by atoms with Gasteiger partial charge >= 0.3 is 0 Å². The van der Waals surface area contributed by atoms with Gasteiger partial charge in [0, 0.05) is 16.6 Å². The van der Waals surface area contributed by atoms with E-state index >= 15 is 0 Å². The van der Waals surface area contributed by atoms with Crippen LogP contribution in [-0.4, -0.2) is 11.9 Å². The zero-order chi connectivity index (χ0) is 16.1. The van der Waals surface area contributed by atoms with Crippen LogP contribution in [0.5, 0.6) is 11.5 Å². The molecule has 4 nitrogen and oxygen atoms in total. The summed E-state index contributed by atoms with van der Waals surface area (Å²) in [6, 6.07) is 11.8. The van der Waals surface area contributed by atoms with Crippen molar-refractivity contribution in [1.29, 1.82) is 0 Å². The van der Waals surface area contributed by atoms with Gasteiger partial charge in [0.2, 0.25) is 5.91 Å². The number of halogens is 2. The molecular formula is C16H16Cl2N2O2. The van der Waals surface area contributed by atoms with Crippen molar-refractivity contribution in [3.63, 3.8) is 0 Å². The number of amides is 1. The van der Waals surface area contributed by atoms with Crippen molar-refractivity contribution in [1.82, 2.24) is 5.32 Å². The highest BCUT2D eigenvalue weighted by atomic mass is 35.5. The fraction of sp³-hybridized carbons (Fsp3) is 0.188. The van der Waals surface area contributed by atoms with E-state index < -0.39 is 6.04 Å². The number of ether oxygens (including phenoxy) is 1. The van der Waals surface area contributed by atoms with E-state index in [0.29, 0.717) is 28.1 Å². The quantitative estimate of drug-likeness (QED) is 0.872. The van der Waals surface area contributed by atoms with E-state index in [1.807, 2.05) is 24.3 Å². The van der Waals surface area contributed by atoms with Gasteiger partial charge in [0.05, 0.1) is 6.04 Å². The third kappa shape index (κ3) is 4.91. The standard InChI is InChI=1S/C16H16Cl2N2O2/c1-10(19)16(21)20-9-11-2-4-14(5-3-11)22-15-7-12(17)6-13(18)8-15/h2-8,10H,9,19H2,1H3,(H,20,21)/t10-/m0/s1. The molecule has 22 heavy (non-hydrogen) atoms. The number of carbonyl (C=O) groups excluding carboxylic acids is 1. The zero-order valence-corrected chi connectivity index (χ0v) is 13.5. The Balaban J connectivity index is 1.98. The minimum atomic E-state index is -0.518. The van der Waals surface area contributed by atoms with Crippen LogP contribution in [0.3, 0.4) is 0 Å². The molecule has 0 aliphatic rings. The number of hydrogen-bond acceptors (Lipinski definition) is 3. The third-order valence-corrected chi connectivity index (χ3v) is 3.31. The van der Waals surface area contributed by atoms with Crippen LogP contribution in [0.4, 0.5) is 0 Å². The molecule has 0 unspecified atom stereocenters. The van der Waals surface area contributed by atoms with Gasteiger partial charge in [0.15, 0.2) is 0 Å². The second-order valence-corrected chi connectivity index (χ2v) is 5.73. The lowest BCUT2D eigenvalue weighted by molar-refractivity contribution is -0.122. The second-order valence-electron chi connectivity index (χ2n) is 4.86. The molecule has 0 fully saturated rings. The normalized spacial score (nSPS) is 11.8. The molecule has 0 saturated heterocycles. The molecule has 1 atom stereocenters. The Kier molecular flexibility index (Phi) is 5.66. The Hall–Kier alpha value is -1.75. The number of hydrogen-bond donors (Lipinski definition) is 2. The molecule has 0 heterocycles. The maximum Gasteiger partial charge on any atom is 0.236 e. The Bertz CT molecular complexity index is 637. The molecule has 6 heteroatoms. The summed E-state index contributed by atoms with van der Waals surface area (Å²) in [4.78, 5) is 11.4. The number of benzene rings is 2. The summed E-state index contributed by atoms with van der Waals surface area (Å²) in [5, 5.41) is 3.77. The van der Waals surface area contributed by atoms with Crippen molar-refractivity contribution >= 4 is 29.1 Å². The molecule has 0 aromatic heterocycles. The maximum absolute atomic E-state index is 11.4. The minimum Gasteiger partial charge on any atom is -0.457 e. The summed E-state index contributed by atoms with van der Waals surface area (Å²) in [7, 11) is 0. The van der Waals surface area contributed by atoms with Crippen molar-refractivity contribution in [2.24, 2.45) is 5.73 Å². The van der Waals surface area contributed by atoms with Crippen LogP contribution in [-0.2, 0) is 11.3 Å². The number of nitrogens with one attached hydrogen (secondary N) is 1. The summed E-state index contributed by atoms with van der Waals surface area (Å²) in [5.74, 6) is 1.03. The van der Waals surface area contributed by atoms with E-state index in [2.05, 4.69) is 5.32 Å². The molecule has 3 N–H and O–H groups in total. The molecule has 0 saturated carbocycles. The van der Waals surface area contributed by atoms with Crippen LogP contribution >= 0.6 is 23.2 Å². The fourth-order valence-electron chi connectivity index (χ4n) is 1.75. The first-order valence-electron chi connectivity index (χ1n) is 6.70. The molecule has 0 spiro atoms. The topological polar surface area (TPSA) is 64.4 Å². The summed E-state index contributed by atoms with van der Waals surface area (Å²) >= 11 is 11.8. The van der Waals surface area contributed by atoms with E-state index in [1.165, 1.54) is 0 Å². The number of carbonyl (C=O) groups is 1. The first-order valence-corrected chi connectivity index (χ1v) is 7.46. The largest absolute Gasteiger partial charge is 0.457 e. The predicted octanol–water partition coefficient (Wildman–Crippen LogP) is 3.75. The Morgan fingerprint density at radius 2 is 1.73 bits per heavy atom. The lowest BCUT2D eigenvalue weighted by Crippen LogP contribution is -2.37. The molecule has 1 amide bonds. The third-order valence-electron chi connectivity index (χ3n) is 2.88. The molecule has 0 radical (unpaired) electrons. The van der Waals surface area contributed by atoms with E-state index in [1.54, 1.807) is 25.1 Å². The van der Waals surface area contributed by atoms with Crippen molar-refractivity contribution in [3.05, 3.63) is 58.1 Å². The number of rotatable bonds is 5. The van der Waals surface area contributed by atoms with Gasteiger partial charge < -0.3 is 15.8 Å². The van der Waals surface area contributed by atoms with Crippen molar-refractivity contribution in [2.45, 2.75) is 19.5 Å². The predicted molar refractivity (Wildman–Crippen MR) is 88.5 cm³/mol. The van der Waals surface area contributed by atoms with Crippen LogP contribution in [0.15, 0.2) is 42.5 Å². The molecule has 2 aromatic carbocycles. The second kappa shape index (κ2) is 7.49. The molecule has 0 aliphatic heterocycles. The lowest BCUT2D eigenvalue weighted by Gasteiger charge is -2.09. The van der Waals surface area contributed by atoms with E-state index in [0.717, 1.165) is 5.56 Å². The van der Waals surface area contributed by atoms with Gasteiger partial charge in [-0.25, -0.2) is 0 Å². The average molecular weight is 339 g/mol. The minimum absolute atomic E-state index is 0.186. The van der Waals surface area contributed by atoms with Gasteiger partial charge in [0.1, 0.15) is 11.5 Å². The van der Waals surface area contributed by atoms with Crippen LogP contribution in [0.2, 0.25) is 10.0 Å². The average Bonchev–Trinajstić information content (AvgIpc) is 2.45. The summed E-state index contributed by atoms with van der Waals surface area (Å²) in [5.41, 5.74) is 6.43. The van der Waals surface area contributed by atoms with Gasteiger partial charge in [-0.15, -0.1) is 0 Å². The summed E-state index contributed by atoms with van der Waals surface area (Å²) in [6.45, 7) is 2.06. The summed E-state index contributed by atoms with van der Waals surface area (Å²) < 4.78 is 5.68. The Morgan fingerprint density at radius 1 is 1.14 bits per heavy atom. The highest BCUT2D eigenvalue weighted by Gasteiger charge is 2.06. The Labute approximate surface area is 139 Å². The van der Waals surface area contributed by atoms with Crippen LogP contribution in [0.25, 0.3) is 0 Å². The van der Waals surface area contributed by atoms with Gasteiger partial charge in [0.25, 0.3) is 0 Å². The van der Waals surface area contributed by atoms with E-state index in [-0.39, 0.29) is 5.91 Å². The van der Waals surface area contributed by atoms with Gasteiger partial charge in [-0.05, 0) is 42.8 Å². The van der Waals surface area contributed by atoms with Crippen LogP contribution < -0.4 is 15.8 Å². The van der Waals surface area contributed by atoms with Crippen molar-refractivity contribution in [2.75, 3.05) is 0 Å².